The van der Waals surface area contributed by atoms with Gasteiger partial charge in [0.2, 0.25) is 0 Å². The third-order valence-electron chi connectivity index (χ3n) is 3.97. The highest BCUT2D eigenvalue weighted by molar-refractivity contribution is 5.91. The molecule has 2 amide bonds. The predicted molar refractivity (Wildman–Crippen MR) is 81.4 cm³/mol. The van der Waals surface area contributed by atoms with E-state index < -0.39 is 5.97 Å². The topological polar surface area (TPSA) is 69.6 Å². The number of carboxylic acid groups (broad SMARTS) is 1. The summed E-state index contributed by atoms with van der Waals surface area (Å²) >= 11 is 0. The van der Waals surface area contributed by atoms with Crippen molar-refractivity contribution in [2.24, 2.45) is 5.92 Å². The molecule has 0 unspecified atom stereocenters. The smallest absolute Gasteiger partial charge is 0.321 e. The van der Waals surface area contributed by atoms with Crippen molar-refractivity contribution in [3.05, 3.63) is 29.8 Å². The number of carbonyl (C=O) groups is 2. The Morgan fingerprint density at radius 1 is 1.33 bits per heavy atom. The summed E-state index contributed by atoms with van der Waals surface area (Å²) in [4.78, 5) is 25.0. The molecule has 5 heteroatoms. The van der Waals surface area contributed by atoms with Crippen LogP contribution in [0.15, 0.2) is 24.3 Å². The first kappa shape index (κ1) is 15.4. The lowest BCUT2D eigenvalue weighted by molar-refractivity contribution is -0.136. The van der Waals surface area contributed by atoms with Crippen molar-refractivity contribution >= 4 is 17.7 Å². The van der Waals surface area contributed by atoms with Gasteiger partial charge in [-0.05, 0) is 37.3 Å². The Bertz CT molecular complexity index is 512. The van der Waals surface area contributed by atoms with Crippen LogP contribution in [0.5, 0.6) is 0 Å². The van der Waals surface area contributed by atoms with Crippen LogP contribution in [-0.2, 0) is 11.2 Å². The lowest BCUT2D eigenvalue weighted by Crippen LogP contribution is -2.40. The van der Waals surface area contributed by atoms with Gasteiger partial charge in [-0.15, -0.1) is 0 Å². The molecule has 1 fully saturated rings. The molecule has 0 aliphatic heterocycles. The van der Waals surface area contributed by atoms with E-state index in [0.29, 0.717) is 23.7 Å². The summed E-state index contributed by atoms with van der Waals surface area (Å²) in [5, 5.41) is 11.8. The van der Waals surface area contributed by atoms with Crippen LogP contribution in [0.4, 0.5) is 10.5 Å². The molecule has 1 aliphatic rings. The predicted octanol–water partition coefficient (Wildman–Crippen LogP) is 2.97. The summed E-state index contributed by atoms with van der Waals surface area (Å²) in [6.07, 6.45) is 3.55. The molecule has 0 atom stereocenters. The minimum atomic E-state index is -0.904. The fourth-order valence-electron chi connectivity index (χ4n) is 2.50. The van der Waals surface area contributed by atoms with Gasteiger partial charge < -0.3 is 15.3 Å². The Kier molecular flexibility index (Phi) is 5.20. The molecule has 1 aromatic carbocycles. The summed E-state index contributed by atoms with van der Waals surface area (Å²) in [7, 11) is 0. The molecule has 0 spiro atoms. The number of nitrogens with zero attached hydrogens (tertiary/aromatic N) is 1. The molecular weight excluding hydrogens is 268 g/mol. The van der Waals surface area contributed by atoms with Crippen LogP contribution in [0.2, 0.25) is 0 Å². The molecule has 2 rings (SSSR count). The number of nitrogens with one attached hydrogen (secondary N) is 1. The van der Waals surface area contributed by atoms with Crippen molar-refractivity contribution in [3.8, 4) is 0 Å². The van der Waals surface area contributed by atoms with Crippen LogP contribution in [-0.4, -0.2) is 35.1 Å². The minimum Gasteiger partial charge on any atom is -0.481 e. The van der Waals surface area contributed by atoms with Gasteiger partial charge in [-0.2, -0.15) is 0 Å². The first-order valence-corrected chi connectivity index (χ1v) is 7.45. The van der Waals surface area contributed by atoms with E-state index in [4.69, 9.17) is 5.11 Å². The first-order chi connectivity index (χ1) is 10.1. The SMILES string of the molecule is CCN(CC1CCC1)C(=O)Nc1ccccc1CC(=O)O. The average Bonchev–Trinajstić information content (AvgIpc) is 2.39. The molecule has 0 aromatic heterocycles. The quantitative estimate of drug-likeness (QED) is 0.846. The molecule has 0 saturated heterocycles. The monoisotopic (exact) mass is 290 g/mol. The van der Waals surface area contributed by atoms with Crippen LogP contribution < -0.4 is 5.32 Å². The zero-order chi connectivity index (χ0) is 15.2. The largest absolute Gasteiger partial charge is 0.481 e. The molecule has 0 radical (unpaired) electrons. The number of anilines is 1. The van der Waals surface area contributed by atoms with Gasteiger partial charge in [-0.25, -0.2) is 4.79 Å². The standard InChI is InChI=1S/C16H22N2O3/c1-2-18(11-12-6-5-7-12)16(21)17-14-9-4-3-8-13(14)10-15(19)20/h3-4,8-9,12H,2,5-7,10-11H2,1H3,(H,17,21)(H,19,20). The van der Waals surface area contributed by atoms with E-state index in [2.05, 4.69) is 5.32 Å². The van der Waals surface area contributed by atoms with Crippen molar-refractivity contribution in [3.63, 3.8) is 0 Å². The van der Waals surface area contributed by atoms with E-state index in [-0.39, 0.29) is 12.5 Å². The van der Waals surface area contributed by atoms with Crippen LogP contribution in [0.25, 0.3) is 0 Å². The molecule has 1 aromatic rings. The molecule has 2 N–H and O–H groups in total. The number of hydrogen-bond donors (Lipinski definition) is 2. The second-order valence-corrected chi connectivity index (χ2v) is 5.49. The van der Waals surface area contributed by atoms with E-state index in [0.717, 1.165) is 6.54 Å². The molecule has 0 heterocycles. The van der Waals surface area contributed by atoms with Gasteiger partial charge in [0.15, 0.2) is 0 Å². The van der Waals surface area contributed by atoms with Crippen LogP contribution >= 0.6 is 0 Å². The second-order valence-electron chi connectivity index (χ2n) is 5.49. The van der Waals surface area contributed by atoms with Crippen LogP contribution in [0.3, 0.4) is 0 Å². The maximum Gasteiger partial charge on any atom is 0.321 e. The van der Waals surface area contributed by atoms with Crippen molar-refractivity contribution in [2.45, 2.75) is 32.6 Å². The maximum atomic E-state index is 12.3. The number of aliphatic carboxylic acids is 1. The van der Waals surface area contributed by atoms with Gasteiger partial charge in [-0.1, -0.05) is 24.6 Å². The highest BCUT2D eigenvalue weighted by atomic mass is 16.4. The number of hydrogen-bond acceptors (Lipinski definition) is 2. The van der Waals surface area contributed by atoms with Crippen molar-refractivity contribution in [1.82, 2.24) is 4.90 Å². The summed E-state index contributed by atoms with van der Waals surface area (Å²) < 4.78 is 0. The van der Waals surface area contributed by atoms with Gasteiger partial charge in [0, 0.05) is 18.8 Å². The Morgan fingerprint density at radius 2 is 2.05 bits per heavy atom. The van der Waals surface area contributed by atoms with Gasteiger partial charge in [0.25, 0.3) is 0 Å². The number of benzene rings is 1. The molecule has 0 bridgehead atoms. The summed E-state index contributed by atoms with van der Waals surface area (Å²) in [5.74, 6) is -0.288. The molecule has 1 saturated carbocycles. The van der Waals surface area contributed by atoms with E-state index in [1.165, 1.54) is 19.3 Å². The van der Waals surface area contributed by atoms with Crippen molar-refractivity contribution in [2.75, 3.05) is 18.4 Å². The zero-order valence-electron chi connectivity index (χ0n) is 12.3. The Balaban J connectivity index is 2.01. The van der Waals surface area contributed by atoms with Gasteiger partial charge >= 0.3 is 12.0 Å². The van der Waals surface area contributed by atoms with Gasteiger partial charge in [0.1, 0.15) is 0 Å². The third-order valence-corrected chi connectivity index (χ3v) is 3.97. The molecule has 21 heavy (non-hydrogen) atoms. The lowest BCUT2D eigenvalue weighted by Gasteiger charge is -2.32. The Morgan fingerprint density at radius 3 is 2.62 bits per heavy atom. The normalized spacial score (nSPS) is 14.3. The summed E-state index contributed by atoms with van der Waals surface area (Å²) in [6, 6.07) is 6.89. The van der Waals surface area contributed by atoms with Crippen molar-refractivity contribution in [1.29, 1.82) is 0 Å². The second kappa shape index (κ2) is 7.11. The molecule has 5 nitrogen and oxygen atoms in total. The van der Waals surface area contributed by atoms with Gasteiger partial charge in [0.05, 0.1) is 6.42 Å². The summed E-state index contributed by atoms with van der Waals surface area (Å²) in [6.45, 7) is 3.40. The van der Waals surface area contributed by atoms with Gasteiger partial charge in [-0.3, -0.25) is 4.79 Å². The number of carboxylic acids is 1. The first-order valence-electron chi connectivity index (χ1n) is 7.45. The van der Waals surface area contributed by atoms with E-state index >= 15 is 0 Å². The number of urea groups is 1. The van der Waals surface area contributed by atoms with E-state index in [9.17, 15) is 9.59 Å². The highest BCUT2D eigenvalue weighted by Crippen LogP contribution is 2.27. The fraction of sp³-hybridized carbons (Fsp3) is 0.500. The molecule has 114 valence electrons. The fourth-order valence-corrected chi connectivity index (χ4v) is 2.50. The lowest BCUT2D eigenvalue weighted by atomic mass is 9.85. The highest BCUT2D eigenvalue weighted by Gasteiger charge is 2.23. The Hall–Kier alpha value is -2.04. The number of amides is 2. The van der Waals surface area contributed by atoms with E-state index in [1.54, 1.807) is 29.2 Å². The number of para-hydroxylation sites is 1. The van der Waals surface area contributed by atoms with Crippen LogP contribution in [0.1, 0.15) is 31.7 Å². The summed E-state index contributed by atoms with van der Waals surface area (Å²) in [5.41, 5.74) is 1.20. The number of carbonyl (C=O) groups excluding carboxylic acids is 1. The Labute approximate surface area is 125 Å². The van der Waals surface area contributed by atoms with Crippen molar-refractivity contribution < 1.29 is 14.7 Å². The number of rotatable bonds is 6. The molecule has 1 aliphatic carbocycles. The molecular formula is C16H22N2O3. The average molecular weight is 290 g/mol. The van der Waals surface area contributed by atoms with E-state index in [1.807, 2.05) is 6.92 Å². The maximum absolute atomic E-state index is 12.3. The minimum absolute atomic E-state index is 0.0921. The third kappa shape index (κ3) is 4.21. The van der Waals surface area contributed by atoms with Crippen LogP contribution in [0, 0.1) is 5.92 Å². The zero-order valence-corrected chi connectivity index (χ0v) is 12.3.